The number of hydrogen-bond acceptors (Lipinski definition) is 3. The molecular formula is C17H26ClNO2. The van der Waals surface area contributed by atoms with Crippen molar-refractivity contribution in [2.24, 2.45) is 5.92 Å². The second-order valence-corrected chi connectivity index (χ2v) is 6.52. The molecule has 0 spiro atoms. The Morgan fingerprint density at radius 3 is 2.76 bits per heavy atom. The van der Waals surface area contributed by atoms with Gasteiger partial charge in [0.1, 0.15) is 18.5 Å². The minimum Gasteiger partial charge on any atom is -0.491 e. The molecule has 21 heavy (non-hydrogen) atoms. The summed E-state index contributed by atoms with van der Waals surface area (Å²) in [4.78, 5) is 0. The van der Waals surface area contributed by atoms with Crippen LogP contribution in [0, 0.1) is 12.8 Å². The molecule has 2 atom stereocenters. The van der Waals surface area contributed by atoms with Crippen molar-refractivity contribution in [1.82, 2.24) is 5.32 Å². The van der Waals surface area contributed by atoms with Gasteiger partial charge in [-0.3, -0.25) is 0 Å². The second kappa shape index (κ2) is 8.02. The van der Waals surface area contributed by atoms with Gasteiger partial charge in [0, 0.05) is 17.6 Å². The molecule has 0 bridgehead atoms. The van der Waals surface area contributed by atoms with Crippen LogP contribution in [0.5, 0.6) is 5.75 Å². The van der Waals surface area contributed by atoms with Crippen molar-refractivity contribution in [3.8, 4) is 5.75 Å². The van der Waals surface area contributed by atoms with E-state index in [0.717, 1.165) is 22.3 Å². The van der Waals surface area contributed by atoms with E-state index in [0.29, 0.717) is 19.2 Å². The summed E-state index contributed by atoms with van der Waals surface area (Å²) >= 11 is 5.98. The van der Waals surface area contributed by atoms with Crippen molar-refractivity contribution < 1.29 is 9.84 Å². The number of halogens is 1. The molecule has 2 N–H and O–H groups in total. The molecule has 0 heterocycles. The van der Waals surface area contributed by atoms with Gasteiger partial charge in [0.05, 0.1) is 0 Å². The lowest BCUT2D eigenvalue weighted by Gasteiger charge is -2.22. The highest BCUT2D eigenvalue weighted by molar-refractivity contribution is 6.31. The van der Waals surface area contributed by atoms with E-state index in [1.54, 1.807) is 0 Å². The molecule has 1 fully saturated rings. The predicted molar refractivity (Wildman–Crippen MR) is 87.1 cm³/mol. The number of benzene rings is 1. The molecule has 2 rings (SSSR count). The molecule has 0 radical (unpaired) electrons. The van der Waals surface area contributed by atoms with Gasteiger partial charge in [-0.15, -0.1) is 0 Å². The van der Waals surface area contributed by atoms with Gasteiger partial charge in [0.15, 0.2) is 0 Å². The third-order valence-electron chi connectivity index (χ3n) is 4.35. The van der Waals surface area contributed by atoms with Crippen molar-refractivity contribution in [3.05, 3.63) is 28.8 Å². The Morgan fingerprint density at radius 2 is 2.10 bits per heavy atom. The van der Waals surface area contributed by atoms with Crippen LogP contribution in [0.15, 0.2) is 18.2 Å². The zero-order valence-electron chi connectivity index (χ0n) is 12.9. The maximum Gasteiger partial charge on any atom is 0.119 e. The Hall–Kier alpha value is -0.770. The summed E-state index contributed by atoms with van der Waals surface area (Å²) in [5, 5.41) is 14.2. The first-order valence-corrected chi connectivity index (χ1v) is 8.24. The molecule has 3 nitrogen and oxygen atoms in total. The first-order valence-electron chi connectivity index (χ1n) is 7.86. The van der Waals surface area contributed by atoms with Crippen molar-refractivity contribution in [2.45, 2.75) is 51.7 Å². The number of ether oxygens (including phenoxy) is 1. The van der Waals surface area contributed by atoms with Crippen molar-refractivity contribution in [3.63, 3.8) is 0 Å². The van der Waals surface area contributed by atoms with E-state index in [4.69, 9.17) is 16.3 Å². The lowest BCUT2D eigenvalue weighted by molar-refractivity contribution is 0.102. The second-order valence-electron chi connectivity index (χ2n) is 6.12. The van der Waals surface area contributed by atoms with Crippen LogP contribution in [0.2, 0.25) is 5.02 Å². The lowest BCUT2D eigenvalue weighted by Crippen LogP contribution is -2.39. The minimum absolute atomic E-state index is 0.297. The summed E-state index contributed by atoms with van der Waals surface area (Å²) in [6, 6.07) is 6.01. The highest BCUT2D eigenvalue weighted by Gasteiger charge is 2.21. The topological polar surface area (TPSA) is 41.5 Å². The minimum atomic E-state index is -0.496. The quantitative estimate of drug-likeness (QED) is 0.809. The van der Waals surface area contributed by atoms with Crippen LogP contribution >= 0.6 is 11.6 Å². The SMILES string of the molecule is Cc1cc(OCC(O)CNC(C)C2CCCC2)ccc1Cl. The van der Waals surface area contributed by atoms with E-state index < -0.39 is 6.10 Å². The average molecular weight is 312 g/mol. The molecule has 2 unspecified atom stereocenters. The maximum atomic E-state index is 10.0. The van der Waals surface area contributed by atoms with Crippen molar-refractivity contribution in [1.29, 1.82) is 0 Å². The Kier molecular flexibility index (Phi) is 6.34. The molecule has 1 aromatic rings. The van der Waals surface area contributed by atoms with E-state index in [2.05, 4.69) is 12.2 Å². The molecule has 0 saturated heterocycles. The van der Waals surface area contributed by atoms with Gasteiger partial charge in [-0.25, -0.2) is 0 Å². The first-order chi connectivity index (χ1) is 10.1. The lowest BCUT2D eigenvalue weighted by atomic mass is 10.00. The molecule has 4 heteroatoms. The zero-order chi connectivity index (χ0) is 15.2. The van der Waals surface area contributed by atoms with E-state index in [-0.39, 0.29) is 0 Å². The number of nitrogens with one attached hydrogen (secondary N) is 1. The summed E-state index contributed by atoms with van der Waals surface area (Å²) < 4.78 is 5.61. The van der Waals surface area contributed by atoms with Crippen LogP contribution in [-0.2, 0) is 0 Å². The van der Waals surface area contributed by atoms with E-state index in [1.165, 1.54) is 25.7 Å². The molecule has 118 valence electrons. The van der Waals surface area contributed by atoms with Crippen molar-refractivity contribution in [2.75, 3.05) is 13.2 Å². The fourth-order valence-corrected chi connectivity index (χ4v) is 3.02. The molecule has 1 aliphatic rings. The number of aliphatic hydroxyl groups excluding tert-OH is 1. The number of aliphatic hydroxyl groups is 1. The van der Waals surface area contributed by atoms with Crippen LogP contribution < -0.4 is 10.1 Å². The zero-order valence-corrected chi connectivity index (χ0v) is 13.7. The highest BCUT2D eigenvalue weighted by atomic mass is 35.5. The Labute approximate surface area is 132 Å². The Bertz CT molecular complexity index is 446. The monoisotopic (exact) mass is 311 g/mol. The molecule has 1 aliphatic carbocycles. The van der Waals surface area contributed by atoms with Crippen LogP contribution in [-0.4, -0.2) is 30.4 Å². The summed E-state index contributed by atoms with van der Waals surface area (Å²) in [5.41, 5.74) is 0.983. The summed E-state index contributed by atoms with van der Waals surface area (Å²) in [7, 11) is 0. The molecule has 0 aromatic heterocycles. The number of rotatable bonds is 7. The van der Waals surface area contributed by atoms with E-state index >= 15 is 0 Å². The van der Waals surface area contributed by atoms with Gasteiger partial charge < -0.3 is 15.2 Å². The smallest absolute Gasteiger partial charge is 0.119 e. The van der Waals surface area contributed by atoms with Gasteiger partial charge in [0.2, 0.25) is 0 Å². The van der Waals surface area contributed by atoms with E-state index in [9.17, 15) is 5.11 Å². The number of hydrogen-bond donors (Lipinski definition) is 2. The summed E-state index contributed by atoms with van der Waals surface area (Å²) in [6.45, 7) is 5.03. The predicted octanol–water partition coefficient (Wildman–Crippen LogP) is 3.56. The van der Waals surface area contributed by atoms with E-state index in [1.807, 2.05) is 25.1 Å². The third-order valence-corrected chi connectivity index (χ3v) is 4.78. The normalized spacial score (nSPS) is 18.7. The molecular weight excluding hydrogens is 286 g/mol. The van der Waals surface area contributed by atoms with Gasteiger partial charge in [-0.05, 0) is 56.4 Å². The largest absolute Gasteiger partial charge is 0.491 e. The van der Waals surface area contributed by atoms with Crippen LogP contribution in [0.1, 0.15) is 38.2 Å². The van der Waals surface area contributed by atoms with Crippen LogP contribution in [0.3, 0.4) is 0 Å². The van der Waals surface area contributed by atoms with Gasteiger partial charge in [-0.2, -0.15) is 0 Å². The molecule has 1 aromatic carbocycles. The number of aryl methyl sites for hydroxylation is 1. The fraction of sp³-hybridized carbons (Fsp3) is 0.647. The Balaban J connectivity index is 1.69. The van der Waals surface area contributed by atoms with Gasteiger partial charge in [-0.1, -0.05) is 24.4 Å². The van der Waals surface area contributed by atoms with Crippen LogP contribution in [0.25, 0.3) is 0 Å². The standard InChI is InChI=1S/C17H26ClNO2/c1-12-9-16(7-8-17(12)18)21-11-15(20)10-19-13(2)14-5-3-4-6-14/h7-9,13-15,19-20H,3-6,10-11H2,1-2H3. The first kappa shape index (κ1) is 16.6. The van der Waals surface area contributed by atoms with Gasteiger partial charge >= 0.3 is 0 Å². The van der Waals surface area contributed by atoms with Crippen molar-refractivity contribution >= 4 is 11.6 Å². The highest BCUT2D eigenvalue weighted by Crippen LogP contribution is 2.27. The van der Waals surface area contributed by atoms with Crippen LogP contribution in [0.4, 0.5) is 0 Å². The summed E-state index contributed by atoms with van der Waals surface area (Å²) in [5.74, 6) is 1.51. The third kappa shape index (κ3) is 5.17. The average Bonchev–Trinajstić information content (AvgIpc) is 3.00. The maximum absolute atomic E-state index is 10.0. The molecule has 0 aliphatic heterocycles. The molecule has 1 saturated carbocycles. The Morgan fingerprint density at radius 1 is 1.38 bits per heavy atom. The fourth-order valence-electron chi connectivity index (χ4n) is 2.90. The molecule has 0 amide bonds. The summed E-state index contributed by atoms with van der Waals surface area (Å²) in [6.07, 6.45) is 4.82. The van der Waals surface area contributed by atoms with Gasteiger partial charge in [0.25, 0.3) is 0 Å².